The molecule has 21 heavy (non-hydrogen) atoms. The molecule has 1 saturated heterocycles. The predicted molar refractivity (Wildman–Crippen MR) is 79.5 cm³/mol. The lowest BCUT2D eigenvalue weighted by Crippen LogP contribution is -2.63. The number of piperazine rings is 1. The topological polar surface area (TPSA) is 78.9 Å². The summed E-state index contributed by atoms with van der Waals surface area (Å²) in [5, 5.41) is 12.1. The highest BCUT2D eigenvalue weighted by Crippen LogP contribution is 2.13. The number of nitrogens with zero attached hydrogens (tertiary/aromatic N) is 1. The maximum atomic E-state index is 12.0. The number of carboxylic acid groups (broad SMARTS) is 1. The molecule has 0 saturated carbocycles. The van der Waals surface area contributed by atoms with E-state index in [0.29, 0.717) is 13.1 Å². The van der Waals surface area contributed by atoms with Gasteiger partial charge in [0.05, 0.1) is 6.54 Å². The maximum Gasteiger partial charge on any atom is 0.410 e. The monoisotopic (exact) mass is 314 g/mol. The Balaban J connectivity index is 0.00000220. The average molecular weight is 315 g/mol. The molecular formula is C14H19ClN2O4. The van der Waals surface area contributed by atoms with E-state index in [-0.39, 0.29) is 25.6 Å². The third-order valence-electron chi connectivity index (χ3n) is 3.34. The fourth-order valence-electron chi connectivity index (χ4n) is 2.09. The first-order chi connectivity index (χ1) is 9.51. The van der Waals surface area contributed by atoms with Crippen LogP contribution in [0.15, 0.2) is 30.3 Å². The molecule has 1 heterocycles. The number of carbonyl (C=O) groups is 2. The number of hydrogen-bond acceptors (Lipinski definition) is 4. The van der Waals surface area contributed by atoms with Crippen LogP contribution < -0.4 is 5.32 Å². The Bertz CT molecular complexity index is 497. The van der Waals surface area contributed by atoms with Crippen LogP contribution in [0.1, 0.15) is 12.5 Å². The lowest BCUT2D eigenvalue weighted by molar-refractivity contribution is -0.145. The number of carbonyl (C=O) groups excluding carboxylic acids is 1. The van der Waals surface area contributed by atoms with Crippen LogP contribution in [0.3, 0.4) is 0 Å². The maximum absolute atomic E-state index is 12.0. The summed E-state index contributed by atoms with van der Waals surface area (Å²) in [5.41, 5.74) is -0.221. The lowest BCUT2D eigenvalue weighted by atomic mass is 10.00. The molecule has 0 bridgehead atoms. The molecule has 2 rings (SSSR count). The normalized spacial score (nSPS) is 21.3. The number of carboxylic acids is 1. The molecule has 1 aromatic carbocycles. The summed E-state index contributed by atoms with van der Waals surface area (Å²) in [6, 6.07) is 9.36. The summed E-state index contributed by atoms with van der Waals surface area (Å²) < 4.78 is 5.21. The highest BCUT2D eigenvalue weighted by Gasteiger charge is 2.39. The van der Waals surface area contributed by atoms with Gasteiger partial charge in [-0.15, -0.1) is 12.4 Å². The number of hydrogen-bond donors (Lipinski definition) is 2. The van der Waals surface area contributed by atoms with Crippen LogP contribution in [0.4, 0.5) is 4.79 Å². The molecule has 1 aliphatic heterocycles. The molecule has 1 fully saturated rings. The van der Waals surface area contributed by atoms with Gasteiger partial charge in [0.2, 0.25) is 0 Å². The molecule has 6 nitrogen and oxygen atoms in total. The number of amides is 1. The molecule has 0 spiro atoms. The molecule has 1 amide bonds. The predicted octanol–water partition coefficient (Wildman–Crippen LogP) is 1.49. The second-order valence-electron chi connectivity index (χ2n) is 5.03. The van der Waals surface area contributed by atoms with Gasteiger partial charge in [0.15, 0.2) is 0 Å². The Labute approximate surface area is 129 Å². The van der Waals surface area contributed by atoms with Crippen LogP contribution in [0.25, 0.3) is 0 Å². The molecule has 1 aliphatic rings. The van der Waals surface area contributed by atoms with Crippen LogP contribution in [-0.4, -0.2) is 47.2 Å². The largest absolute Gasteiger partial charge is 0.480 e. The van der Waals surface area contributed by atoms with Gasteiger partial charge >= 0.3 is 12.1 Å². The minimum absolute atomic E-state index is 0. The zero-order chi connectivity index (χ0) is 14.6. The van der Waals surface area contributed by atoms with Gasteiger partial charge in [0.25, 0.3) is 0 Å². The number of aliphatic carboxylic acids is 1. The van der Waals surface area contributed by atoms with Crippen LogP contribution >= 0.6 is 12.4 Å². The van der Waals surface area contributed by atoms with Crippen molar-refractivity contribution < 1.29 is 19.4 Å². The van der Waals surface area contributed by atoms with E-state index in [1.54, 1.807) is 6.92 Å². The number of halogens is 1. The molecule has 7 heteroatoms. The Kier molecular flexibility index (Phi) is 5.99. The number of benzene rings is 1. The van der Waals surface area contributed by atoms with Crippen molar-refractivity contribution in [3.63, 3.8) is 0 Å². The van der Waals surface area contributed by atoms with E-state index < -0.39 is 17.6 Å². The quantitative estimate of drug-likeness (QED) is 0.884. The minimum atomic E-state index is -1.12. The molecule has 2 N–H and O–H groups in total. The van der Waals surface area contributed by atoms with Crippen molar-refractivity contribution in [1.29, 1.82) is 0 Å². The van der Waals surface area contributed by atoms with E-state index in [4.69, 9.17) is 9.84 Å². The van der Waals surface area contributed by atoms with Crippen molar-refractivity contribution in [3.8, 4) is 0 Å². The molecule has 0 aromatic heterocycles. The van der Waals surface area contributed by atoms with Gasteiger partial charge in [-0.3, -0.25) is 10.1 Å². The van der Waals surface area contributed by atoms with E-state index in [2.05, 4.69) is 5.32 Å². The summed E-state index contributed by atoms with van der Waals surface area (Å²) >= 11 is 0. The van der Waals surface area contributed by atoms with E-state index in [1.807, 2.05) is 30.3 Å². The average Bonchev–Trinajstić information content (AvgIpc) is 2.46. The number of ether oxygens (including phenoxy) is 1. The van der Waals surface area contributed by atoms with E-state index in [9.17, 15) is 9.59 Å². The molecular weight excluding hydrogens is 296 g/mol. The van der Waals surface area contributed by atoms with Gasteiger partial charge in [0, 0.05) is 13.1 Å². The summed E-state index contributed by atoms with van der Waals surface area (Å²) in [7, 11) is 0. The summed E-state index contributed by atoms with van der Waals surface area (Å²) in [5.74, 6) is -0.974. The molecule has 116 valence electrons. The first-order valence-electron chi connectivity index (χ1n) is 6.45. The van der Waals surface area contributed by atoms with Gasteiger partial charge < -0.3 is 14.7 Å². The van der Waals surface area contributed by atoms with Crippen molar-refractivity contribution in [2.24, 2.45) is 0 Å². The van der Waals surface area contributed by atoms with Crippen molar-refractivity contribution in [2.45, 2.75) is 19.1 Å². The van der Waals surface area contributed by atoms with Gasteiger partial charge in [-0.1, -0.05) is 30.3 Å². The third kappa shape index (κ3) is 4.34. The van der Waals surface area contributed by atoms with Gasteiger partial charge in [-0.2, -0.15) is 0 Å². The second kappa shape index (κ2) is 7.28. The van der Waals surface area contributed by atoms with Crippen molar-refractivity contribution in [3.05, 3.63) is 35.9 Å². The first kappa shape index (κ1) is 17.3. The van der Waals surface area contributed by atoms with Crippen molar-refractivity contribution in [1.82, 2.24) is 10.2 Å². The van der Waals surface area contributed by atoms with Crippen LogP contribution in [0, 0.1) is 0 Å². The van der Waals surface area contributed by atoms with Crippen molar-refractivity contribution in [2.75, 3.05) is 19.6 Å². The Morgan fingerprint density at radius 2 is 2.05 bits per heavy atom. The van der Waals surface area contributed by atoms with Gasteiger partial charge in [-0.25, -0.2) is 4.79 Å². The van der Waals surface area contributed by atoms with Crippen LogP contribution in [0.5, 0.6) is 0 Å². The fourth-order valence-corrected chi connectivity index (χ4v) is 2.09. The number of rotatable bonds is 3. The van der Waals surface area contributed by atoms with E-state index in [0.717, 1.165) is 5.56 Å². The van der Waals surface area contributed by atoms with E-state index in [1.165, 1.54) is 4.90 Å². The highest BCUT2D eigenvalue weighted by molar-refractivity contribution is 5.85. The Morgan fingerprint density at radius 1 is 1.38 bits per heavy atom. The highest BCUT2D eigenvalue weighted by atomic mass is 35.5. The van der Waals surface area contributed by atoms with Gasteiger partial charge in [0.1, 0.15) is 12.1 Å². The molecule has 1 atom stereocenters. The summed E-state index contributed by atoms with van der Waals surface area (Å²) in [4.78, 5) is 24.6. The Hall–Kier alpha value is -1.79. The Morgan fingerprint density at radius 3 is 2.67 bits per heavy atom. The minimum Gasteiger partial charge on any atom is -0.480 e. The zero-order valence-electron chi connectivity index (χ0n) is 11.7. The van der Waals surface area contributed by atoms with Gasteiger partial charge in [-0.05, 0) is 12.5 Å². The number of nitrogens with one attached hydrogen (secondary N) is 1. The lowest BCUT2D eigenvalue weighted by Gasteiger charge is -2.37. The standard InChI is InChI=1S/C14H18N2O4.ClH/c1-14(12(17)18)10-16(8-7-15-14)13(19)20-9-11-5-3-2-4-6-11;/h2-6,15H,7-10H2,1H3,(H,17,18);1H. The first-order valence-corrected chi connectivity index (χ1v) is 6.45. The smallest absolute Gasteiger partial charge is 0.410 e. The van der Waals surface area contributed by atoms with E-state index >= 15 is 0 Å². The molecule has 0 radical (unpaired) electrons. The summed E-state index contributed by atoms with van der Waals surface area (Å²) in [6.07, 6.45) is -0.483. The summed E-state index contributed by atoms with van der Waals surface area (Å²) in [6.45, 7) is 2.72. The SMILES string of the molecule is CC1(C(=O)O)CN(C(=O)OCc2ccccc2)CCN1.Cl. The van der Waals surface area contributed by atoms with Crippen LogP contribution in [0.2, 0.25) is 0 Å². The molecule has 1 unspecified atom stereocenters. The third-order valence-corrected chi connectivity index (χ3v) is 3.34. The molecule has 0 aliphatic carbocycles. The molecule has 1 aromatic rings. The second-order valence-corrected chi connectivity index (χ2v) is 5.03. The van der Waals surface area contributed by atoms with Crippen molar-refractivity contribution >= 4 is 24.5 Å². The van der Waals surface area contributed by atoms with Crippen LogP contribution in [-0.2, 0) is 16.1 Å². The fraction of sp³-hybridized carbons (Fsp3) is 0.429. The zero-order valence-corrected chi connectivity index (χ0v) is 12.6.